The van der Waals surface area contributed by atoms with Gasteiger partial charge in [0.05, 0.1) is 11.1 Å². The number of alkyl halides is 3. The fraction of sp³-hybridized carbons (Fsp3) is 0.286. The predicted molar refractivity (Wildman–Crippen MR) is 176 cm³/mol. The summed E-state index contributed by atoms with van der Waals surface area (Å²) in [6.45, 7) is 4.96. The quantitative estimate of drug-likeness (QED) is 0.154. The zero-order valence-corrected chi connectivity index (χ0v) is 26.4. The average Bonchev–Trinajstić information content (AvgIpc) is 3.58. The number of hydrogen-bond donors (Lipinski definition) is 3. The SMILES string of the molecule is CCC(=O)NCC1CCN(c2ccc(NC(=O)c3ccc(C)c(Oc4nc(-c5cccnc5)nc5cc[nH]c45)c3)cc2C(F)(F)F)CC1. The van der Waals surface area contributed by atoms with E-state index in [9.17, 15) is 22.8 Å². The molecule has 48 heavy (non-hydrogen) atoms. The fourth-order valence-electron chi connectivity index (χ4n) is 5.65. The highest BCUT2D eigenvalue weighted by Crippen LogP contribution is 2.40. The van der Waals surface area contributed by atoms with Gasteiger partial charge in [0.25, 0.3) is 5.91 Å². The number of fused-ring (bicyclic) bond motifs is 1. The second kappa shape index (κ2) is 13.7. The Morgan fingerprint density at radius 3 is 2.60 bits per heavy atom. The first-order chi connectivity index (χ1) is 23.1. The van der Waals surface area contributed by atoms with Gasteiger partial charge in [-0.1, -0.05) is 13.0 Å². The molecule has 10 nitrogen and oxygen atoms in total. The Morgan fingerprint density at radius 1 is 1.06 bits per heavy atom. The van der Waals surface area contributed by atoms with Crippen molar-refractivity contribution in [2.75, 3.05) is 29.9 Å². The van der Waals surface area contributed by atoms with Gasteiger partial charge >= 0.3 is 6.18 Å². The van der Waals surface area contributed by atoms with Crippen LogP contribution in [0.1, 0.15) is 47.7 Å². The Labute approximate surface area is 274 Å². The molecule has 0 atom stereocenters. The minimum Gasteiger partial charge on any atom is -0.437 e. The van der Waals surface area contributed by atoms with Crippen molar-refractivity contribution in [2.45, 2.75) is 39.3 Å². The summed E-state index contributed by atoms with van der Waals surface area (Å²) in [5.41, 5.74) is 2.04. The number of benzene rings is 2. The molecule has 0 aliphatic carbocycles. The highest BCUT2D eigenvalue weighted by molar-refractivity contribution is 6.04. The van der Waals surface area contributed by atoms with Crippen molar-refractivity contribution >= 4 is 34.2 Å². The molecule has 0 radical (unpaired) electrons. The lowest BCUT2D eigenvalue weighted by Crippen LogP contribution is -2.39. The third-order valence-corrected chi connectivity index (χ3v) is 8.37. The van der Waals surface area contributed by atoms with Gasteiger partial charge in [-0.2, -0.15) is 18.2 Å². The number of carbonyl (C=O) groups excluding carboxylic acids is 2. The number of aromatic nitrogens is 4. The van der Waals surface area contributed by atoms with Crippen LogP contribution in [0.25, 0.3) is 22.4 Å². The number of nitrogens with one attached hydrogen (secondary N) is 3. The van der Waals surface area contributed by atoms with Crippen LogP contribution in [0.5, 0.6) is 11.6 Å². The van der Waals surface area contributed by atoms with Crippen LogP contribution in [0.2, 0.25) is 0 Å². The van der Waals surface area contributed by atoms with E-state index in [1.165, 1.54) is 18.2 Å². The van der Waals surface area contributed by atoms with E-state index in [1.807, 2.05) is 13.0 Å². The van der Waals surface area contributed by atoms with Crippen LogP contribution in [0.15, 0.2) is 73.2 Å². The molecule has 0 spiro atoms. The maximum Gasteiger partial charge on any atom is 0.418 e. The first-order valence-electron chi connectivity index (χ1n) is 15.7. The minimum absolute atomic E-state index is 0.0151. The number of ether oxygens (including phenoxy) is 1. The van der Waals surface area contributed by atoms with Crippen LogP contribution < -0.4 is 20.3 Å². The van der Waals surface area contributed by atoms with Gasteiger partial charge in [-0.15, -0.1) is 0 Å². The van der Waals surface area contributed by atoms with Crippen LogP contribution in [-0.2, 0) is 11.0 Å². The Kier molecular flexibility index (Phi) is 9.28. The van der Waals surface area contributed by atoms with Crippen molar-refractivity contribution in [1.29, 1.82) is 0 Å². The summed E-state index contributed by atoms with van der Waals surface area (Å²) >= 11 is 0. The Balaban J connectivity index is 1.19. The topological polar surface area (TPSA) is 125 Å². The van der Waals surface area contributed by atoms with Crippen LogP contribution in [0, 0.1) is 12.8 Å². The van der Waals surface area contributed by atoms with Crippen LogP contribution in [0.3, 0.4) is 0 Å². The maximum absolute atomic E-state index is 14.3. The van der Waals surface area contributed by atoms with Gasteiger partial charge in [0.2, 0.25) is 11.8 Å². The number of halogens is 3. The van der Waals surface area contributed by atoms with Crippen molar-refractivity contribution in [2.24, 2.45) is 5.92 Å². The van der Waals surface area contributed by atoms with E-state index in [2.05, 4.69) is 30.6 Å². The van der Waals surface area contributed by atoms with E-state index in [-0.39, 0.29) is 34.6 Å². The average molecular weight is 658 g/mol. The van der Waals surface area contributed by atoms with Gasteiger partial charge in [0, 0.05) is 67.1 Å². The molecule has 0 bridgehead atoms. The molecule has 1 fully saturated rings. The summed E-state index contributed by atoms with van der Waals surface area (Å²) in [6.07, 6.45) is 2.08. The van der Waals surface area contributed by atoms with Gasteiger partial charge in [-0.3, -0.25) is 14.6 Å². The molecule has 1 aliphatic rings. The lowest BCUT2D eigenvalue weighted by atomic mass is 9.95. The van der Waals surface area contributed by atoms with E-state index in [4.69, 9.17) is 4.74 Å². The molecule has 5 aromatic rings. The summed E-state index contributed by atoms with van der Waals surface area (Å²) in [4.78, 5) is 43.0. The van der Waals surface area contributed by atoms with Crippen molar-refractivity contribution in [1.82, 2.24) is 25.3 Å². The smallest absolute Gasteiger partial charge is 0.418 e. The van der Waals surface area contributed by atoms with E-state index >= 15 is 0 Å². The molecule has 3 aromatic heterocycles. The summed E-state index contributed by atoms with van der Waals surface area (Å²) in [7, 11) is 0. The van der Waals surface area contributed by atoms with E-state index in [0.717, 1.165) is 6.07 Å². The van der Waals surface area contributed by atoms with Gasteiger partial charge in [-0.25, -0.2) is 4.98 Å². The monoisotopic (exact) mass is 657 g/mol. The maximum atomic E-state index is 14.3. The largest absolute Gasteiger partial charge is 0.437 e. The lowest BCUT2D eigenvalue weighted by molar-refractivity contribution is -0.137. The Hall–Kier alpha value is -5.46. The third-order valence-electron chi connectivity index (χ3n) is 8.37. The number of pyridine rings is 1. The molecular weight excluding hydrogens is 623 g/mol. The molecule has 4 heterocycles. The predicted octanol–water partition coefficient (Wildman–Crippen LogP) is 7.13. The Morgan fingerprint density at radius 2 is 1.88 bits per heavy atom. The summed E-state index contributed by atoms with van der Waals surface area (Å²) in [5.74, 6) is 0.565. The van der Waals surface area contributed by atoms with E-state index < -0.39 is 17.6 Å². The number of aryl methyl sites for hydroxylation is 1. The molecule has 248 valence electrons. The van der Waals surface area contributed by atoms with Crippen LogP contribution in [0.4, 0.5) is 24.5 Å². The first kappa shape index (κ1) is 32.5. The third kappa shape index (κ3) is 7.24. The second-order valence-corrected chi connectivity index (χ2v) is 11.7. The van der Waals surface area contributed by atoms with Gasteiger partial charge in [0.15, 0.2) is 5.82 Å². The number of H-pyrrole nitrogens is 1. The van der Waals surface area contributed by atoms with E-state index in [1.54, 1.807) is 54.7 Å². The fourth-order valence-corrected chi connectivity index (χ4v) is 5.65. The zero-order valence-electron chi connectivity index (χ0n) is 26.4. The van der Waals surface area contributed by atoms with E-state index in [0.29, 0.717) is 72.6 Å². The minimum atomic E-state index is -4.64. The highest BCUT2D eigenvalue weighted by atomic mass is 19.4. The summed E-state index contributed by atoms with van der Waals surface area (Å²) in [5, 5.41) is 5.48. The molecule has 2 aromatic carbocycles. The number of amides is 2. The number of rotatable bonds is 9. The molecule has 6 rings (SSSR count). The molecule has 13 heteroatoms. The number of anilines is 2. The normalized spacial score (nSPS) is 13.8. The molecule has 1 saturated heterocycles. The first-order valence-corrected chi connectivity index (χ1v) is 15.7. The Bertz CT molecular complexity index is 1940. The van der Waals surface area contributed by atoms with Gasteiger partial charge in [-0.05, 0) is 79.8 Å². The second-order valence-electron chi connectivity index (χ2n) is 11.7. The van der Waals surface area contributed by atoms with Crippen molar-refractivity contribution < 1.29 is 27.5 Å². The number of aromatic amines is 1. The van der Waals surface area contributed by atoms with Crippen molar-refractivity contribution in [3.8, 4) is 23.0 Å². The lowest BCUT2D eigenvalue weighted by Gasteiger charge is -2.35. The molecule has 1 aliphatic heterocycles. The zero-order chi connectivity index (χ0) is 33.8. The molecule has 2 amide bonds. The number of carbonyl (C=O) groups is 2. The van der Waals surface area contributed by atoms with Gasteiger partial charge < -0.3 is 25.3 Å². The van der Waals surface area contributed by atoms with Crippen molar-refractivity contribution in [3.63, 3.8) is 0 Å². The summed E-state index contributed by atoms with van der Waals surface area (Å²) in [6, 6.07) is 14.0. The van der Waals surface area contributed by atoms with Crippen LogP contribution in [-0.4, -0.2) is 51.4 Å². The molecular formula is C35H34F3N7O3. The number of hydrogen-bond acceptors (Lipinski definition) is 7. The summed E-state index contributed by atoms with van der Waals surface area (Å²) < 4.78 is 49.0. The molecule has 0 unspecified atom stereocenters. The molecule has 0 saturated carbocycles. The number of nitrogens with zero attached hydrogens (tertiary/aromatic N) is 4. The van der Waals surface area contributed by atoms with Gasteiger partial charge in [0.1, 0.15) is 11.3 Å². The highest BCUT2D eigenvalue weighted by Gasteiger charge is 2.36. The van der Waals surface area contributed by atoms with Crippen LogP contribution >= 0.6 is 0 Å². The number of piperidine rings is 1. The molecule has 3 N–H and O–H groups in total. The standard InChI is InChI=1S/C35H34F3N7O3/c1-3-30(46)41-19-22-11-15-45(16-12-22)28-9-8-25(18-26(28)35(36,37)38)42-33(47)23-7-6-21(2)29(17-23)48-34-31-27(10-14-40-31)43-32(44-34)24-5-4-13-39-20-24/h4-10,13-14,17-18,20,22,40H,3,11-12,15-16,19H2,1-2H3,(H,41,46)(H,42,47). The van der Waals surface area contributed by atoms with Crippen molar-refractivity contribution in [3.05, 3.63) is 89.9 Å².